The third-order valence-corrected chi connectivity index (χ3v) is 6.04. The van der Waals surface area contributed by atoms with Gasteiger partial charge in [0.25, 0.3) is 0 Å². The van der Waals surface area contributed by atoms with E-state index in [-0.39, 0.29) is 16.0 Å². The number of ether oxygens (including phenoxy) is 1. The Morgan fingerprint density at radius 2 is 1.88 bits per heavy atom. The SMILES string of the molecule is CCOc1ccc(S(=O)(=O)NC(C)c2ccc(SC)cc2)cc1Cl. The Morgan fingerprint density at radius 3 is 2.42 bits per heavy atom. The van der Waals surface area contributed by atoms with Crippen molar-refractivity contribution in [1.29, 1.82) is 0 Å². The lowest BCUT2D eigenvalue weighted by atomic mass is 10.1. The highest BCUT2D eigenvalue weighted by Crippen LogP contribution is 2.28. The highest BCUT2D eigenvalue weighted by Gasteiger charge is 2.19. The van der Waals surface area contributed by atoms with Crippen LogP contribution in [0.25, 0.3) is 0 Å². The van der Waals surface area contributed by atoms with Gasteiger partial charge in [0.1, 0.15) is 5.75 Å². The highest BCUT2D eigenvalue weighted by atomic mass is 35.5. The maximum atomic E-state index is 12.5. The van der Waals surface area contributed by atoms with Gasteiger partial charge in [-0.15, -0.1) is 11.8 Å². The molecule has 0 bridgehead atoms. The van der Waals surface area contributed by atoms with Crippen LogP contribution in [0.4, 0.5) is 0 Å². The Bertz CT molecular complexity index is 792. The minimum Gasteiger partial charge on any atom is -0.492 e. The van der Waals surface area contributed by atoms with E-state index in [4.69, 9.17) is 16.3 Å². The van der Waals surface area contributed by atoms with Crippen LogP contribution in [-0.4, -0.2) is 21.3 Å². The summed E-state index contributed by atoms with van der Waals surface area (Å²) in [5.74, 6) is 0.471. The Morgan fingerprint density at radius 1 is 1.21 bits per heavy atom. The first-order valence-corrected chi connectivity index (χ1v) is 10.5. The zero-order chi connectivity index (χ0) is 17.7. The zero-order valence-corrected chi connectivity index (χ0v) is 16.1. The van der Waals surface area contributed by atoms with Crippen LogP contribution in [-0.2, 0) is 10.0 Å². The van der Waals surface area contributed by atoms with Crippen molar-refractivity contribution < 1.29 is 13.2 Å². The van der Waals surface area contributed by atoms with Crippen molar-refractivity contribution in [2.75, 3.05) is 12.9 Å². The largest absolute Gasteiger partial charge is 0.492 e. The second-order valence-corrected chi connectivity index (χ2v) is 8.14. The van der Waals surface area contributed by atoms with E-state index >= 15 is 0 Å². The van der Waals surface area contributed by atoms with Crippen molar-refractivity contribution >= 4 is 33.4 Å². The van der Waals surface area contributed by atoms with E-state index in [1.807, 2.05) is 44.4 Å². The van der Waals surface area contributed by atoms with Crippen molar-refractivity contribution in [1.82, 2.24) is 4.72 Å². The van der Waals surface area contributed by atoms with Gasteiger partial charge in [0.2, 0.25) is 10.0 Å². The number of hydrogen-bond acceptors (Lipinski definition) is 4. The van der Waals surface area contributed by atoms with Gasteiger partial charge in [-0.3, -0.25) is 0 Å². The molecule has 0 spiro atoms. The van der Waals surface area contributed by atoms with Gasteiger partial charge in [-0.1, -0.05) is 23.7 Å². The van der Waals surface area contributed by atoms with Crippen LogP contribution < -0.4 is 9.46 Å². The molecule has 0 aliphatic rings. The molecule has 0 aliphatic carbocycles. The first-order valence-electron chi connectivity index (χ1n) is 7.46. The number of rotatable bonds is 7. The lowest BCUT2D eigenvalue weighted by molar-refractivity contribution is 0.340. The summed E-state index contributed by atoms with van der Waals surface area (Å²) in [5, 5.41) is 0.275. The molecule has 1 atom stereocenters. The summed E-state index contributed by atoms with van der Waals surface area (Å²) < 4.78 is 33.1. The van der Waals surface area contributed by atoms with E-state index in [2.05, 4.69) is 4.72 Å². The van der Waals surface area contributed by atoms with Gasteiger partial charge >= 0.3 is 0 Å². The van der Waals surface area contributed by atoms with Gasteiger partial charge in [0, 0.05) is 10.9 Å². The summed E-state index contributed by atoms with van der Waals surface area (Å²) in [4.78, 5) is 1.25. The zero-order valence-electron chi connectivity index (χ0n) is 13.7. The lowest BCUT2D eigenvalue weighted by Crippen LogP contribution is -2.26. The molecule has 0 saturated heterocycles. The molecular formula is C17H20ClNO3S2. The monoisotopic (exact) mass is 385 g/mol. The fraction of sp³-hybridized carbons (Fsp3) is 0.294. The first kappa shape index (κ1) is 19.1. The Labute approximate surface area is 152 Å². The molecule has 0 radical (unpaired) electrons. The normalized spacial score (nSPS) is 12.8. The topological polar surface area (TPSA) is 55.4 Å². The minimum atomic E-state index is -3.67. The minimum absolute atomic E-state index is 0.114. The molecule has 0 aromatic heterocycles. The van der Waals surface area contributed by atoms with Crippen LogP contribution in [0.5, 0.6) is 5.75 Å². The number of benzene rings is 2. The third kappa shape index (κ3) is 4.66. The fourth-order valence-electron chi connectivity index (χ4n) is 2.18. The summed E-state index contributed by atoms with van der Waals surface area (Å²) in [5.41, 5.74) is 0.897. The second-order valence-electron chi connectivity index (χ2n) is 5.14. The van der Waals surface area contributed by atoms with Gasteiger partial charge in [0.05, 0.1) is 16.5 Å². The van der Waals surface area contributed by atoms with Crippen molar-refractivity contribution in [2.45, 2.75) is 29.7 Å². The van der Waals surface area contributed by atoms with Crippen molar-refractivity contribution in [3.63, 3.8) is 0 Å². The van der Waals surface area contributed by atoms with Crippen molar-refractivity contribution in [2.24, 2.45) is 0 Å². The molecule has 0 heterocycles. The summed E-state index contributed by atoms with van der Waals surface area (Å²) in [7, 11) is -3.67. The molecule has 2 rings (SSSR count). The molecule has 2 aromatic carbocycles. The lowest BCUT2D eigenvalue weighted by Gasteiger charge is -2.16. The smallest absolute Gasteiger partial charge is 0.241 e. The molecule has 1 unspecified atom stereocenters. The molecule has 2 aromatic rings. The van der Waals surface area contributed by atoms with Crippen LogP contribution in [0.15, 0.2) is 52.3 Å². The molecule has 4 nitrogen and oxygen atoms in total. The molecule has 130 valence electrons. The van der Waals surface area contributed by atoms with Crippen LogP contribution in [0.3, 0.4) is 0 Å². The quantitative estimate of drug-likeness (QED) is 0.713. The van der Waals surface area contributed by atoms with Crippen molar-refractivity contribution in [3.8, 4) is 5.75 Å². The molecule has 0 saturated carbocycles. The Balaban J connectivity index is 2.19. The van der Waals surface area contributed by atoms with Gasteiger partial charge in [-0.25, -0.2) is 13.1 Å². The van der Waals surface area contributed by atoms with Crippen LogP contribution in [0.2, 0.25) is 5.02 Å². The Kier molecular flexibility index (Phi) is 6.57. The van der Waals surface area contributed by atoms with Crippen LogP contribution in [0, 0.1) is 0 Å². The highest BCUT2D eigenvalue weighted by molar-refractivity contribution is 7.98. The van der Waals surface area contributed by atoms with Gasteiger partial charge < -0.3 is 4.74 Å². The van der Waals surface area contributed by atoms with E-state index in [1.54, 1.807) is 17.8 Å². The maximum absolute atomic E-state index is 12.5. The Hall–Kier alpha value is -1.21. The predicted octanol–water partition coefficient (Wildman–Crippen LogP) is 4.50. The van der Waals surface area contributed by atoms with Crippen LogP contribution in [0.1, 0.15) is 25.5 Å². The van der Waals surface area contributed by atoms with E-state index in [1.165, 1.54) is 12.1 Å². The first-order chi connectivity index (χ1) is 11.4. The molecule has 0 fully saturated rings. The van der Waals surface area contributed by atoms with E-state index in [0.29, 0.717) is 12.4 Å². The summed E-state index contributed by atoms with van der Waals surface area (Å²) >= 11 is 7.72. The number of thioether (sulfide) groups is 1. The van der Waals surface area contributed by atoms with Gasteiger partial charge in [-0.2, -0.15) is 0 Å². The number of hydrogen-bond donors (Lipinski definition) is 1. The fourth-order valence-corrected chi connectivity index (χ4v) is 4.15. The molecule has 0 amide bonds. The maximum Gasteiger partial charge on any atom is 0.241 e. The van der Waals surface area contributed by atoms with E-state index < -0.39 is 10.0 Å². The number of sulfonamides is 1. The predicted molar refractivity (Wildman–Crippen MR) is 99.6 cm³/mol. The number of nitrogens with one attached hydrogen (secondary N) is 1. The summed E-state index contributed by atoms with van der Waals surface area (Å²) in [6, 6.07) is 11.9. The van der Waals surface area contributed by atoms with Crippen LogP contribution >= 0.6 is 23.4 Å². The third-order valence-electron chi connectivity index (χ3n) is 3.46. The van der Waals surface area contributed by atoms with Gasteiger partial charge in [-0.05, 0) is 56.0 Å². The summed E-state index contributed by atoms with van der Waals surface area (Å²) in [6.45, 7) is 4.11. The average Bonchev–Trinajstić information content (AvgIpc) is 2.56. The van der Waals surface area contributed by atoms with Gasteiger partial charge in [0.15, 0.2) is 0 Å². The number of halogens is 1. The van der Waals surface area contributed by atoms with E-state index in [0.717, 1.165) is 10.5 Å². The second kappa shape index (κ2) is 8.25. The standard InChI is InChI=1S/C17H20ClNO3S2/c1-4-22-17-10-9-15(11-16(17)18)24(20,21)19-12(2)13-5-7-14(23-3)8-6-13/h5-12,19H,4H2,1-3H3. The molecular weight excluding hydrogens is 366 g/mol. The van der Waals surface area contributed by atoms with Crippen molar-refractivity contribution in [3.05, 3.63) is 53.1 Å². The molecule has 0 aliphatic heterocycles. The molecule has 7 heteroatoms. The molecule has 24 heavy (non-hydrogen) atoms. The van der Waals surface area contributed by atoms with E-state index in [9.17, 15) is 8.42 Å². The summed E-state index contributed by atoms with van der Waals surface area (Å²) in [6.07, 6.45) is 2.00. The molecule has 1 N–H and O–H groups in total. The average molecular weight is 386 g/mol.